The molecule has 2 aromatic rings. The summed E-state index contributed by atoms with van der Waals surface area (Å²) in [5.74, 6) is 0.897. The summed E-state index contributed by atoms with van der Waals surface area (Å²) in [6.07, 6.45) is 0. The van der Waals surface area contributed by atoms with E-state index < -0.39 is 0 Å². The van der Waals surface area contributed by atoms with Crippen molar-refractivity contribution in [2.75, 3.05) is 26.9 Å². The first kappa shape index (κ1) is 15.5. The molecule has 2 aromatic carbocycles. The van der Waals surface area contributed by atoms with Gasteiger partial charge in [-0.2, -0.15) is 0 Å². The maximum absolute atomic E-state index is 5.79. The number of rotatable bonds is 8. The normalized spacial score (nSPS) is 10.6. The maximum Gasteiger partial charge on any atom is 0.127 e. The predicted molar refractivity (Wildman–Crippen MR) is 86.6 cm³/mol. The average molecular weight is 285 g/mol. The topological polar surface area (TPSA) is 30.5 Å². The van der Waals surface area contributed by atoms with Gasteiger partial charge in [-0.1, -0.05) is 49.4 Å². The van der Waals surface area contributed by atoms with Gasteiger partial charge in [0.15, 0.2) is 0 Å². The Balaban J connectivity index is 2.13. The van der Waals surface area contributed by atoms with Crippen LogP contribution in [0, 0.1) is 0 Å². The highest BCUT2D eigenvalue weighted by Gasteiger charge is 2.05. The van der Waals surface area contributed by atoms with Crippen LogP contribution in [0.3, 0.4) is 0 Å². The van der Waals surface area contributed by atoms with Crippen molar-refractivity contribution in [3.63, 3.8) is 0 Å². The van der Waals surface area contributed by atoms with Crippen LogP contribution in [0.25, 0.3) is 11.1 Å². The maximum atomic E-state index is 5.79. The summed E-state index contributed by atoms with van der Waals surface area (Å²) in [5, 5.41) is 3.33. The number of hydrogen-bond donors (Lipinski definition) is 1. The Morgan fingerprint density at radius 3 is 2.43 bits per heavy atom. The lowest BCUT2D eigenvalue weighted by molar-refractivity contribution is 0.146. The van der Waals surface area contributed by atoms with E-state index in [-0.39, 0.29) is 0 Å². The van der Waals surface area contributed by atoms with Crippen molar-refractivity contribution in [3.8, 4) is 16.9 Å². The zero-order valence-corrected chi connectivity index (χ0v) is 12.8. The van der Waals surface area contributed by atoms with Crippen LogP contribution in [0.1, 0.15) is 12.5 Å². The van der Waals surface area contributed by atoms with E-state index in [0.29, 0.717) is 13.2 Å². The second-order valence-corrected chi connectivity index (χ2v) is 4.81. The fourth-order valence-corrected chi connectivity index (χ4v) is 2.14. The second kappa shape index (κ2) is 8.45. The molecule has 0 aromatic heterocycles. The van der Waals surface area contributed by atoms with Crippen molar-refractivity contribution in [2.24, 2.45) is 0 Å². The lowest BCUT2D eigenvalue weighted by atomic mass is 10.0. The molecule has 0 aliphatic heterocycles. The lowest BCUT2D eigenvalue weighted by Gasteiger charge is -2.12. The number of ether oxygens (including phenoxy) is 2. The number of methoxy groups -OCH3 is 1. The van der Waals surface area contributed by atoms with E-state index in [1.54, 1.807) is 7.11 Å². The third kappa shape index (κ3) is 4.59. The molecule has 0 amide bonds. The van der Waals surface area contributed by atoms with Gasteiger partial charge >= 0.3 is 0 Å². The van der Waals surface area contributed by atoms with Crippen molar-refractivity contribution in [1.82, 2.24) is 5.32 Å². The number of para-hydroxylation sites is 1. The predicted octanol–water partition coefficient (Wildman–Crippen LogP) is 3.49. The molecule has 0 aliphatic rings. The van der Waals surface area contributed by atoms with Gasteiger partial charge in [-0.15, -0.1) is 0 Å². The third-order valence-corrected chi connectivity index (χ3v) is 3.28. The summed E-state index contributed by atoms with van der Waals surface area (Å²) in [6.45, 7) is 5.16. The smallest absolute Gasteiger partial charge is 0.127 e. The van der Waals surface area contributed by atoms with Crippen LogP contribution in [-0.2, 0) is 11.3 Å². The van der Waals surface area contributed by atoms with Crippen LogP contribution >= 0.6 is 0 Å². The highest BCUT2D eigenvalue weighted by atomic mass is 16.5. The quantitative estimate of drug-likeness (QED) is 0.753. The zero-order chi connectivity index (χ0) is 14.9. The van der Waals surface area contributed by atoms with Crippen molar-refractivity contribution < 1.29 is 9.47 Å². The first-order valence-corrected chi connectivity index (χ1v) is 7.36. The Bertz CT molecular complexity index is 537. The van der Waals surface area contributed by atoms with Gasteiger partial charge < -0.3 is 14.8 Å². The Labute approximate surface area is 126 Å². The molecule has 0 heterocycles. The first-order chi connectivity index (χ1) is 10.3. The molecule has 0 fully saturated rings. The minimum absolute atomic E-state index is 0.562. The first-order valence-electron chi connectivity index (χ1n) is 7.36. The standard InChI is InChI=1S/C18H23NO2/c1-3-19-14-15-8-10-16(11-9-15)17-6-4-5-7-18(17)21-13-12-20-2/h4-11,19H,3,12-14H2,1-2H3. The molecule has 1 N–H and O–H groups in total. The summed E-state index contributed by atoms with van der Waals surface area (Å²) in [4.78, 5) is 0. The van der Waals surface area contributed by atoms with E-state index in [2.05, 4.69) is 42.6 Å². The van der Waals surface area contributed by atoms with E-state index >= 15 is 0 Å². The summed E-state index contributed by atoms with van der Waals surface area (Å²) >= 11 is 0. The fourth-order valence-electron chi connectivity index (χ4n) is 2.14. The van der Waals surface area contributed by atoms with E-state index in [1.807, 2.05) is 18.2 Å². The minimum atomic E-state index is 0.562. The molecule has 0 saturated carbocycles. The van der Waals surface area contributed by atoms with Crippen molar-refractivity contribution in [1.29, 1.82) is 0 Å². The number of hydrogen-bond acceptors (Lipinski definition) is 3. The monoisotopic (exact) mass is 285 g/mol. The molecule has 0 atom stereocenters. The summed E-state index contributed by atoms with van der Waals surface area (Å²) < 4.78 is 10.8. The van der Waals surface area contributed by atoms with Gasteiger partial charge in [-0.05, 0) is 23.7 Å². The van der Waals surface area contributed by atoms with Gasteiger partial charge in [0.1, 0.15) is 12.4 Å². The van der Waals surface area contributed by atoms with Gasteiger partial charge in [0.05, 0.1) is 6.61 Å². The molecule has 0 radical (unpaired) electrons. The largest absolute Gasteiger partial charge is 0.491 e. The molecule has 0 saturated heterocycles. The van der Waals surface area contributed by atoms with Gasteiger partial charge in [0, 0.05) is 19.2 Å². The summed E-state index contributed by atoms with van der Waals surface area (Å²) in [5.41, 5.74) is 3.57. The second-order valence-electron chi connectivity index (χ2n) is 4.81. The van der Waals surface area contributed by atoms with Gasteiger partial charge in [-0.3, -0.25) is 0 Å². The van der Waals surface area contributed by atoms with Crippen LogP contribution in [0.5, 0.6) is 5.75 Å². The molecular weight excluding hydrogens is 262 g/mol. The van der Waals surface area contributed by atoms with Crippen molar-refractivity contribution in [3.05, 3.63) is 54.1 Å². The van der Waals surface area contributed by atoms with Gasteiger partial charge in [0.25, 0.3) is 0 Å². The molecular formula is C18H23NO2. The molecule has 2 rings (SSSR count). The number of benzene rings is 2. The Morgan fingerprint density at radius 1 is 0.952 bits per heavy atom. The van der Waals surface area contributed by atoms with E-state index in [1.165, 1.54) is 11.1 Å². The zero-order valence-electron chi connectivity index (χ0n) is 12.8. The molecule has 3 nitrogen and oxygen atoms in total. The minimum Gasteiger partial charge on any atom is -0.491 e. The molecule has 0 spiro atoms. The van der Waals surface area contributed by atoms with Crippen LogP contribution in [0.15, 0.2) is 48.5 Å². The Morgan fingerprint density at radius 2 is 1.71 bits per heavy atom. The van der Waals surface area contributed by atoms with Crippen LogP contribution < -0.4 is 10.1 Å². The fraction of sp³-hybridized carbons (Fsp3) is 0.333. The van der Waals surface area contributed by atoms with Gasteiger partial charge in [-0.25, -0.2) is 0 Å². The Hall–Kier alpha value is -1.84. The van der Waals surface area contributed by atoms with Crippen molar-refractivity contribution >= 4 is 0 Å². The highest BCUT2D eigenvalue weighted by molar-refractivity contribution is 5.70. The summed E-state index contributed by atoms with van der Waals surface area (Å²) in [6, 6.07) is 16.7. The molecule has 0 unspecified atom stereocenters. The van der Waals surface area contributed by atoms with E-state index in [4.69, 9.17) is 9.47 Å². The van der Waals surface area contributed by atoms with E-state index in [0.717, 1.165) is 24.4 Å². The molecule has 3 heteroatoms. The summed E-state index contributed by atoms with van der Waals surface area (Å²) in [7, 11) is 1.68. The van der Waals surface area contributed by atoms with Gasteiger partial charge in [0.2, 0.25) is 0 Å². The van der Waals surface area contributed by atoms with Crippen LogP contribution in [0.4, 0.5) is 0 Å². The van der Waals surface area contributed by atoms with Crippen LogP contribution in [0.2, 0.25) is 0 Å². The Kier molecular flexibility index (Phi) is 6.25. The van der Waals surface area contributed by atoms with Crippen LogP contribution in [-0.4, -0.2) is 26.9 Å². The molecule has 0 bridgehead atoms. The van der Waals surface area contributed by atoms with Crippen molar-refractivity contribution in [2.45, 2.75) is 13.5 Å². The lowest BCUT2D eigenvalue weighted by Crippen LogP contribution is -2.11. The molecule has 21 heavy (non-hydrogen) atoms. The SMILES string of the molecule is CCNCc1ccc(-c2ccccc2OCCOC)cc1. The molecule has 112 valence electrons. The highest BCUT2D eigenvalue weighted by Crippen LogP contribution is 2.29. The number of nitrogens with one attached hydrogen (secondary N) is 1. The molecule has 0 aliphatic carbocycles. The third-order valence-electron chi connectivity index (χ3n) is 3.28. The van der Waals surface area contributed by atoms with E-state index in [9.17, 15) is 0 Å². The average Bonchev–Trinajstić information content (AvgIpc) is 2.54.